The zero-order valence-electron chi connectivity index (χ0n) is 9.89. The second-order valence-electron chi connectivity index (χ2n) is 4.09. The Morgan fingerprint density at radius 3 is 2.47 bits per heavy atom. The molecule has 0 amide bonds. The average molecular weight is 254 g/mol. The van der Waals surface area contributed by atoms with Crippen molar-refractivity contribution >= 4 is 11.4 Å². The fourth-order valence-corrected chi connectivity index (χ4v) is 1.97. The zero-order chi connectivity index (χ0) is 13.2. The fourth-order valence-electron chi connectivity index (χ4n) is 1.97. The number of fused-ring (bicyclic) bond motifs is 1. The van der Waals surface area contributed by atoms with Gasteiger partial charge in [-0.25, -0.2) is 4.99 Å². The van der Waals surface area contributed by atoms with Gasteiger partial charge in [0.25, 0.3) is 0 Å². The molecule has 0 fully saturated rings. The summed E-state index contributed by atoms with van der Waals surface area (Å²) < 4.78 is 5.43. The normalized spacial score (nSPS) is 17.1. The van der Waals surface area contributed by atoms with Gasteiger partial charge in [0.1, 0.15) is 5.69 Å². The molecule has 0 aromatic heterocycles. The summed E-state index contributed by atoms with van der Waals surface area (Å²) in [6.45, 7) is 0. The van der Waals surface area contributed by atoms with Crippen molar-refractivity contribution < 1.29 is 9.66 Å². The van der Waals surface area contributed by atoms with E-state index in [2.05, 4.69) is 4.99 Å². The molecule has 1 aliphatic rings. The topological polar surface area (TPSA) is 64.7 Å². The molecule has 1 heterocycles. The SMILES string of the molecule is O=[N+]([O-])C1Oc2ccccc2N=C1c1ccccc1. The van der Waals surface area contributed by atoms with Crippen LogP contribution in [-0.2, 0) is 0 Å². The highest BCUT2D eigenvalue weighted by Crippen LogP contribution is 2.33. The maximum Gasteiger partial charge on any atom is 0.398 e. The minimum atomic E-state index is -1.27. The third-order valence-corrected chi connectivity index (χ3v) is 2.84. The number of nitro groups is 1. The molecular weight excluding hydrogens is 244 g/mol. The lowest BCUT2D eigenvalue weighted by Crippen LogP contribution is -2.37. The molecule has 94 valence electrons. The Morgan fingerprint density at radius 2 is 1.74 bits per heavy atom. The van der Waals surface area contributed by atoms with Crippen LogP contribution in [0.4, 0.5) is 5.69 Å². The molecule has 0 bridgehead atoms. The van der Waals surface area contributed by atoms with Gasteiger partial charge < -0.3 is 4.74 Å². The van der Waals surface area contributed by atoms with E-state index < -0.39 is 11.2 Å². The van der Waals surface area contributed by atoms with Crippen molar-refractivity contribution in [2.24, 2.45) is 4.99 Å². The molecule has 0 saturated carbocycles. The maximum atomic E-state index is 11.1. The largest absolute Gasteiger partial charge is 0.423 e. The van der Waals surface area contributed by atoms with E-state index in [0.717, 1.165) is 0 Å². The summed E-state index contributed by atoms with van der Waals surface area (Å²) in [7, 11) is 0. The smallest absolute Gasteiger partial charge is 0.398 e. The Hall–Kier alpha value is -2.69. The summed E-state index contributed by atoms with van der Waals surface area (Å²) in [5, 5.41) is 11.1. The van der Waals surface area contributed by atoms with E-state index in [1.807, 2.05) is 24.3 Å². The highest BCUT2D eigenvalue weighted by Gasteiger charge is 2.34. The lowest BCUT2D eigenvalue weighted by molar-refractivity contribution is -0.540. The lowest BCUT2D eigenvalue weighted by atomic mass is 10.1. The number of rotatable bonds is 2. The van der Waals surface area contributed by atoms with Crippen LogP contribution in [-0.4, -0.2) is 16.9 Å². The molecule has 5 heteroatoms. The van der Waals surface area contributed by atoms with Crippen molar-refractivity contribution in [2.45, 2.75) is 6.23 Å². The van der Waals surface area contributed by atoms with E-state index >= 15 is 0 Å². The van der Waals surface area contributed by atoms with Gasteiger partial charge in [-0.05, 0) is 12.1 Å². The first-order valence-electron chi connectivity index (χ1n) is 5.79. The van der Waals surface area contributed by atoms with Crippen molar-refractivity contribution in [1.82, 2.24) is 0 Å². The van der Waals surface area contributed by atoms with Crippen LogP contribution in [0.3, 0.4) is 0 Å². The molecule has 0 spiro atoms. The first-order valence-corrected chi connectivity index (χ1v) is 5.79. The Balaban J connectivity index is 2.13. The molecule has 3 rings (SSSR count). The molecule has 0 saturated heterocycles. The van der Waals surface area contributed by atoms with Crippen LogP contribution in [0.2, 0.25) is 0 Å². The van der Waals surface area contributed by atoms with Crippen molar-refractivity contribution in [2.75, 3.05) is 0 Å². The third-order valence-electron chi connectivity index (χ3n) is 2.84. The molecule has 0 aliphatic carbocycles. The monoisotopic (exact) mass is 254 g/mol. The van der Waals surface area contributed by atoms with Gasteiger partial charge in [0.15, 0.2) is 11.5 Å². The van der Waals surface area contributed by atoms with E-state index in [9.17, 15) is 10.1 Å². The first kappa shape index (κ1) is 11.4. The number of nitrogens with zero attached hydrogens (tertiary/aromatic N) is 2. The summed E-state index contributed by atoms with van der Waals surface area (Å²) in [5.41, 5.74) is 1.63. The van der Waals surface area contributed by atoms with Gasteiger partial charge >= 0.3 is 6.23 Å². The van der Waals surface area contributed by atoms with Crippen LogP contribution < -0.4 is 4.74 Å². The number of aliphatic imine (C=N–C) groups is 1. The number of benzene rings is 2. The van der Waals surface area contributed by atoms with Crippen molar-refractivity contribution in [3.8, 4) is 5.75 Å². The fraction of sp³-hybridized carbons (Fsp3) is 0.0714. The molecule has 0 radical (unpaired) electrons. The Bertz CT molecular complexity index is 653. The summed E-state index contributed by atoms with van der Waals surface area (Å²) in [6, 6.07) is 16.1. The van der Waals surface area contributed by atoms with E-state index in [4.69, 9.17) is 4.74 Å². The van der Waals surface area contributed by atoms with Crippen LogP contribution in [0.1, 0.15) is 5.56 Å². The molecular formula is C14H10N2O3. The first-order chi connectivity index (χ1) is 9.25. The number of hydrogen-bond donors (Lipinski definition) is 0. The Labute approximate surface area is 109 Å². The maximum absolute atomic E-state index is 11.1. The highest BCUT2D eigenvalue weighted by atomic mass is 16.7. The van der Waals surface area contributed by atoms with Crippen LogP contribution >= 0.6 is 0 Å². The molecule has 1 aliphatic heterocycles. The summed E-state index contributed by atoms with van der Waals surface area (Å²) >= 11 is 0. The minimum absolute atomic E-state index is 0.323. The van der Waals surface area contributed by atoms with Gasteiger partial charge in [-0.15, -0.1) is 0 Å². The van der Waals surface area contributed by atoms with Crippen molar-refractivity contribution in [3.05, 3.63) is 70.3 Å². The third kappa shape index (κ3) is 2.06. The molecule has 0 N–H and O–H groups in total. The van der Waals surface area contributed by atoms with Gasteiger partial charge in [0.2, 0.25) is 0 Å². The summed E-state index contributed by atoms with van der Waals surface area (Å²) in [6.07, 6.45) is -1.27. The van der Waals surface area contributed by atoms with Gasteiger partial charge in [-0.3, -0.25) is 10.1 Å². The average Bonchev–Trinajstić information content (AvgIpc) is 2.46. The number of hydrogen-bond acceptors (Lipinski definition) is 4. The predicted octanol–water partition coefficient (Wildman–Crippen LogP) is 2.80. The van der Waals surface area contributed by atoms with Crippen LogP contribution in [0.15, 0.2) is 59.6 Å². The predicted molar refractivity (Wildman–Crippen MR) is 70.5 cm³/mol. The van der Waals surface area contributed by atoms with Gasteiger partial charge in [-0.1, -0.05) is 42.5 Å². The van der Waals surface area contributed by atoms with Crippen molar-refractivity contribution in [3.63, 3.8) is 0 Å². The second kappa shape index (κ2) is 4.53. The quantitative estimate of drug-likeness (QED) is 0.611. The summed E-state index contributed by atoms with van der Waals surface area (Å²) in [4.78, 5) is 15.0. The number of para-hydroxylation sites is 2. The molecule has 5 nitrogen and oxygen atoms in total. The van der Waals surface area contributed by atoms with E-state index in [-0.39, 0.29) is 0 Å². The minimum Gasteiger partial charge on any atom is -0.423 e. The van der Waals surface area contributed by atoms with Gasteiger partial charge in [-0.2, -0.15) is 0 Å². The molecule has 2 aromatic carbocycles. The van der Waals surface area contributed by atoms with E-state index in [0.29, 0.717) is 22.7 Å². The lowest BCUT2D eigenvalue weighted by Gasteiger charge is -2.20. The van der Waals surface area contributed by atoms with Crippen LogP contribution in [0, 0.1) is 10.1 Å². The van der Waals surface area contributed by atoms with Gasteiger partial charge in [0, 0.05) is 5.56 Å². The molecule has 19 heavy (non-hydrogen) atoms. The van der Waals surface area contributed by atoms with Gasteiger partial charge in [0.05, 0.1) is 4.92 Å². The van der Waals surface area contributed by atoms with Crippen molar-refractivity contribution in [1.29, 1.82) is 0 Å². The number of ether oxygens (including phenoxy) is 1. The Morgan fingerprint density at radius 1 is 1.05 bits per heavy atom. The second-order valence-corrected chi connectivity index (χ2v) is 4.09. The van der Waals surface area contributed by atoms with E-state index in [1.54, 1.807) is 30.3 Å². The highest BCUT2D eigenvalue weighted by molar-refractivity contribution is 6.05. The van der Waals surface area contributed by atoms with E-state index in [1.165, 1.54) is 0 Å². The van der Waals surface area contributed by atoms with Crippen LogP contribution in [0.25, 0.3) is 0 Å². The van der Waals surface area contributed by atoms with Crippen LogP contribution in [0.5, 0.6) is 5.75 Å². The molecule has 1 atom stereocenters. The molecule has 1 unspecified atom stereocenters. The zero-order valence-corrected chi connectivity index (χ0v) is 9.89. The Kier molecular flexibility index (Phi) is 2.72. The molecule has 2 aromatic rings. The standard InChI is InChI=1S/C14H10N2O3/c17-16(18)14-13(10-6-2-1-3-7-10)15-11-8-4-5-9-12(11)19-14/h1-9,14H. The summed E-state index contributed by atoms with van der Waals surface area (Å²) in [5.74, 6) is 0.434.